The van der Waals surface area contributed by atoms with Gasteiger partial charge in [0, 0.05) is 29.6 Å². The maximum atomic E-state index is 13.2. The van der Waals surface area contributed by atoms with Gasteiger partial charge >= 0.3 is 0 Å². The zero-order chi connectivity index (χ0) is 21.3. The van der Waals surface area contributed by atoms with Gasteiger partial charge in [-0.25, -0.2) is 0 Å². The van der Waals surface area contributed by atoms with E-state index in [-0.39, 0.29) is 11.8 Å². The number of anilines is 2. The molecule has 1 N–H and O–H groups in total. The molecule has 0 aliphatic carbocycles. The molecule has 0 spiro atoms. The van der Waals surface area contributed by atoms with Crippen LogP contribution in [0.25, 0.3) is 10.8 Å². The SMILES string of the molecule is CCCCCCC(=O)Nc1ccc(C(=O)N(CC)c2cccc3ccccc23)cc1. The Morgan fingerprint density at radius 2 is 1.57 bits per heavy atom. The van der Waals surface area contributed by atoms with Crippen molar-refractivity contribution in [1.29, 1.82) is 0 Å². The molecule has 156 valence electrons. The Kier molecular flexibility index (Phi) is 7.61. The molecule has 2 amide bonds. The first-order chi connectivity index (χ1) is 14.6. The van der Waals surface area contributed by atoms with Gasteiger partial charge in [0.1, 0.15) is 0 Å². The van der Waals surface area contributed by atoms with Crippen molar-refractivity contribution in [3.8, 4) is 0 Å². The Morgan fingerprint density at radius 1 is 0.833 bits per heavy atom. The van der Waals surface area contributed by atoms with Crippen molar-refractivity contribution in [3.63, 3.8) is 0 Å². The monoisotopic (exact) mass is 402 g/mol. The minimum Gasteiger partial charge on any atom is -0.326 e. The number of hydrogen-bond acceptors (Lipinski definition) is 2. The summed E-state index contributed by atoms with van der Waals surface area (Å²) in [4.78, 5) is 27.1. The lowest BCUT2D eigenvalue weighted by Crippen LogP contribution is -2.30. The topological polar surface area (TPSA) is 49.4 Å². The number of amides is 2. The van der Waals surface area contributed by atoms with Crippen LogP contribution in [0.1, 0.15) is 56.3 Å². The van der Waals surface area contributed by atoms with Gasteiger partial charge in [0.2, 0.25) is 5.91 Å². The van der Waals surface area contributed by atoms with E-state index in [2.05, 4.69) is 24.4 Å². The fraction of sp³-hybridized carbons (Fsp3) is 0.308. The minimum atomic E-state index is -0.0497. The number of unbranched alkanes of at least 4 members (excludes halogenated alkanes) is 3. The van der Waals surface area contributed by atoms with Gasteiger partial charge in [0.15, 0.2) is 0 Å². The number of hydrogen-bond donors (Lipinski definition) is 1. The highest BCUT2D eigenvalue weighted by Gasteiger charge is 2.18. The van der Waals surface area contributed by atoms with Crippen LogP contribution in [0.4, 0.5) is 11.4 Å². The van der Waals surface area contributed by atoms with Crippen LogP contribution >= 0.6 is 0 Å². The van der Waals surface area contributed by atoms with Gasteiger partial charge in [-0.15, -0.1) is 0 Å². The van der Waals surface area contributed by atoms with Gasteiger partial charge in [-0.3, -0.25) is 9.59 Å². The molecular weight excluding hydrogens is 372 g/mol. The van der Waals surface area contributed by atoms with Crippen LogP contribution in [-0.2, 0) is 4.79 Å². The van der Waals surface area contributed by atoms with Crippen LogP contribution < -0.4 is 10.2 Å². The standard InChI is InChI=1S/C26H30N2O2/c1-3-5-6-7-15-25(29)27-22-18-16-21(17-19-22)26(30)28(4-2)24-14-10-12-20-11-8-9-13-23(20)24/h8-14,16-19H,3-7,15H2,1-2H3,(H,27,29). The van der Waals surface area contributed by atoms with Gasteiger partial charge in [-0.1, -0.05) is 62.6 Å². The van der Waals surface area contributed by atoms with E-state index in [0.717, 1.165) is 47.8 Å². The molecule has 0 radical (unpaired) electrons. The highest BCUT2D eigenvalue weighted by Crippen LogP contribution is 2.28. The van der Waals surface area contributed by atoms with E-state index in [1.165, 1.54) is 0 Å². The number of nitrogens with one attached hydrogen (secondary N) is 1. The molecular formula is C26H30N2O2. The second-order valence-corrected chi connectivity index (χ2v) is 7.48. The first kappa shape index (κ1) is 21.6. The van der Waals surface area contributed by atoms with Crippen LogP contribution in [-0.4, -0.2) is 18.4 Å². The highest BCUT2D eigenvalue weighted by molar-refractivity contribution is 6.11. The maximum Gasteiger partial charge on any atom is 0.258 e. The molecule has 0 aliphatic heterocycles. The summed E-state index contributed by atoms with van der Waals surface area (Å²) in [5.74, 6) is -0.0255. The number of rotatable bonds is 9. The number of carbonyl (C=O) groups excluding carboxylic acids is 2. The zero-order valence-electron chi connectivity index (χ0n) is 17.9. The van der Waals surface area contributed by atoms with Crippen LogP contribution in [0.2, 0.25) is 0 Å². The molecule has 0 unspecified atom stereocenters. The number of fused-ring (bicyclic) bond motifs is 1. The van der Waals surface area contributed by atoms with Gasteiger partial charge < -0.3 is 10.2 Å². The lowest BCUT2D eigenvalue weighted by atomic mass is 10.1. The molecule has 4 heteroatoms. The van der Waals surface area contributed by atoms with E-state index >= 15 is 0 Å². The van der Waals surface area contributed by atoms with Gasteiger partial charge in [-0.2, -0.15) is 0 Å². The molecule has 0 atom stereocenters. The highest BCUT2D eigenvalue weighted by atomic mass is 16.2. The third kappa shape index (κ3) is 5.26. The third-order valence-electron chi connectivity index (χ3n) is 5.29. The van der Waals surface area contributed by atoms with Crippen molar-refractivity contribution < 1.29 is 9.59 Å². The van der Waals surface area contributed by atoms with Gasteiger partial charge in [-0.05, 0) is 49.1 Å². The molecule has 3 aromatic carbocycles. The summed E-state index contributed by atoms with van der Waals surface area (Å²) in [5, 5.41) is 5.09. The minimum absolute atomic E-state index is 0.0242. The first-order valence-electron chi connectivity index (χ1n) is 10.8. The quantitative estimate of drug-likeness (QED) is 0.420. The molecule has 3 rings (SSSR count). The summed E-state index contributed by atoms with van der Waals surface area (Å²) in [6.07, 6.45) is 4.84. The Hall–Kier alpha value is -3.14. The van der Waals surface area contributed by atoms with Crippen molar-refractivity contribution in [2.45, 2.75) is 46.0 Å². The molecule has 0 aromatic heterocycles. The fourth-order valence-electron chi connectivity index (χ4n) is 3.65. The molecule has 0 fully saturated rings. The van der Waals surface area contributed by atoms with E-state index in [1.54, 1.807) is 29.2 Å². The Bertz CT molecular complexity index is 990. The average molecular weight is 403 g/mol. The summed E-state index contributed by atoms with van der Waals surface area (Å²) in [5.41, 5.74) is 2.23. The molecule has 0 aliphatic rings. The van der Waals surface area contributed by atoms with Crippen molar-refractivity contribution in [2.75, 3.05) is 16.8 Å². The number of nitrogens with zero attached hydrogens (tertiary/aromatic N) is 1. The van der Waals surface area contributed by atoms with Crippen molar-refractivity contribution in [2.24, 2.45) is 0 Å². The van der Waals surface area contributed by atoms with E-state index in [4.69, 9.17) is 0 Å². The predicted octanol–water partition coefficient (Wildman–Crippen LogP) is 6.42. The van der Waals surface area contributed by atoms with Crippen LogP contribution in [0.3, 0.4) is 0 Å². The lowest BCUT2D eigenvalue weighted by molar-refractivity contribution is -0.116. The van der Waals surface area contributed by atoms with E-state index < -0.39 is 0 Å². The molecule has 4 nitrogen and oxygen atoms in total. The van der Waals surface area contributed by atoms with Gasteiger partial charge in [0.05, 0.1) is 5.69 Å². The maximum absolute atomic E-state index is 13.2. The first-order valence-corrected chi connectivity index (χ1v) is 10.8. The molecule has 0 saturated carbocycles. The third-order valence-corrected chi connectivity index (χ3v) is 5.29. The fourth-order valence-corrected chi connectivity index (χ4v) is 3.65. The largest absolute Gasteiger partial charge is 0.326 e. The van der Waals surface area contributed by atoms with Crippen LogP contribution in [0.15, 0.2) is 66.7 Å². The average Bonchev–Trinajstić information content (AvgIpc) is 2.78. The second-order valence-electron chi connectivity index (χ2n) is 7.48. The van der Waals surface area contributed by atoms with Crippen molar-refractivity contribution >= 4 is 34.0 Å². The summed E-state index contributed by atoms with van der Waals surface area (Å²) in [6, 6.07) is 21.3. The summed E-state index contributed by atoms with van der Waals surface area (Å²) >= 11 is 0. The van der Waals surface area contributed by atoms with E-state index in [9.17, 15) is 9.59 Å². The smallest absolute Gasteiger partial charge is 0.258 e. The Balaban J connectivity index is 1.70. The van der Waals surface area contributed by atoms with Crippen LogP contribution in [0.5, 0.6) is 0 Å². The Labute approximate surface area is 178 Å². The summed E-state index contributed by atoms with van der Waals surface area (Å²) < 4.78 is 0. The van der Waals surface area contributed by atoms with Crippen molar-refractivity contribution in [1.82, 2.24) is 0 Å². The number of benzene rings is 3. The summed E-state index contributed by atoms with van der Waals surface area (Å²) in [6.45, 7) is 4.71. The molecule has 30 heavy (non-hydrogen) atoms. The predicted molar refractivity (Wildman–Crippen MR) is 125 cm³/mol. The lowest BCUT2D eigenvalue weighted by Gasteiger charge is -2.23. The van der Waals surface area contributed by atoms with Gasteiger partial charge in [0.25, 0.3) is 5.91 Å². The second kappa shape index (κ2) is 10.6. The number of carbonyl (C=O) groups is 2. The van der Waals surface area contributed by atoms with Crippen molar-refractivity contribution in [3.05, 3.63) is 72.3 Å². The molecule has 0 heterocycles. The zero-order valence-corrected chi connectivity index (χ0v) is 17.9. The molecule has 0 bridgehead atoms. The molecule has 3 aromatic rings. The normalized spacial score (nSPS) is 10.7. The van der Waals surface area contributed by atoms with Crippen LogP contribution in [0, 0.1) is 0 Å². The Morgan fingerprint density at radius 3 is 2.30 bits per heavy atom. The van der Waals surface area contributed by atoms with E-state index in [1.807, 2.05) is 37.3 Å². The summed E-state index contributed by atoms with van der Waals surface area (Å²) in [7, 11) is 0. The van der Waals surface area contributed by atoms with E-state index in [0.29, 0.717) is 18.5 Å². The molecule has 0 saturated heterocycles.